The van der Waals surface area contributed by atoms with Crippen molar-refractivity contribution in [3.8, 4) is 11.3 Å². The van der Waals surface area contributed by atoms with Gasteiger partial charge in [-0.1, -0.05) is 25.3 Å². The van der Waals surface area contributed by atoms with Crippen LogP contribution in [0.25, 0.3) is 11.3 Å². The largest absolute Gasteiger partial charge is 0.417 e. The molecule has 4 rings (SSSR count). The van der Waals surface area contributed by atoms with Crippen molar-refractivity contribution in [3.05, 3.63) is 54.9 Å². The molecule has 1 aliphatic carbocycles. The fourth-order valence-corrected chi connectivity index (χ4v) is 5.84. The van der Waals surface area contributed by atoms with Gasteiger partial charge in [-0.3, -0.25) is 0 Å². The van der Waals surface area contributed by atoms with Crippen molar-refractivity contribution >= 4 is 21.6 Å². The first-order valence-corrected chi connectivity index (χ1v) is 12.9. The topological polar surface area (TPSA) is 111 Å². The zero-order valence-corrected chi connectivity index (χ0v) is 21.1. The highest BCUT2D eigenvalue weighted by atomic mass is 32.2. The number of hydrogen-bond donors (Lipinski definition) is 1. The lowest BCUT2D eigenvalue weighted by molar-refractivity contribution is -0.137. The predicted octanol–water partition coefficient (Wildman–Crippen LogP) is 4.15. The number of halogens is 3. The summed E-state index contributed by atoms with van der Waals surface area (Å²) in [4.78, 5) is 14.5. The Hall–Kier alpha value is -2.99. The molecule has 2 aromatic rings. The summed E-state index contributed by atoms with van der Waals surface area (Å²) in [6.07, 6.45) is 0.319. The summed E-state index contributed by atoms with van der Waals surface area (Å²) >= 11 is 0. The van der Waals surface area contributed by atoms with Crippen LogP contribution in [0.4, 0.5) is 24.9 Å². The third-order valence-corrected chi connectivity index (χ3v) is 8.97. The lowest BCUT2D eigenvalue weighted by Gasteiger charge is -2.28. The minimum atomic E-state index is -4.70. The van der Waals surface area contributed by atoms with Crippen LogP contribution in [0.5, 0.6) is 0 Å². The van der Waals surface area contributed by atoms with Gasteiger partial charge in [-0.25, -0.2) is 23.4 Å². The molecule has 0 amide bonds. The fraction of sp³-hybridized carbons (Fsp3) is 0.458. The smallest absolute Gasteiger partial charge is 0.384 e. The second-order valence-corrected chi connectivity index (χ2v) is 11.6. The van der Waals surface area contributed by atoms with Crippen LogP contribution in [0, 0.1) is 0 Å². The zero-order chi connectivity index (χ0) is 26.7. The number of nitrogens with two attached hydrogens (primary N) is 1. The van der Waals surface area contributed by atoms with Crippen LogP contribution >= 0.6 is 0 Å². The molecule has 0 atom stereocenters. The number of sulfone groups is 1. The molecule has 8 nitrogen and oxygen atoms in total. The highest BCUT2D eigenvalue weighted by molar-refractivity contribution is 7.93. The van der Waals surface area contributed by atoms with Crippen LogP contribution in [-0.4, -0.2) is 54.9 Å². The van der Waals surface area contributed by atoms with Crippen LogP contribution in [0.2, 0.25) is 0 Å². The molecule has 2 aliphatic rings. The fourth-order valence-electron chi connectivity index (χ4n) is 3.87. The molecule has 0 radical (unpaired) electrons. The maximum atomic E-state index is 13.8. The summed E-state index contributed by atoms with van der Waals surface area (Å²) in [6, 6.07) is 2.10. The van der Waals surface area contributed by atoms with Gasteiger partial charge >= 0.3 is 6.18 Å². The number of aromatic nitrogens is 3. The average molecular weight is 526 g/mol. The zero-order valence-electron chi connectivity index (χ0n) is 20.3. The lowest BCUT2D eigenvalue weighted by atomic mass is 10.0. The van der Waals surface area contributed by atoms with Gasteiger partial charge in [0.15, 0.2) is 9.84 Å². The van der Waals surface area contributed by atoms with Gasteiger partial charge in [-0.15, -0.1) is 0 Å². The van der Waals surface area contributed by atoms with Gasteiger partial charge in [0.2, 0.25) is 5.95 Å². The third-order valence-electron chi connectivity index (χ3n) is 6.02. The van der Waals surface area contributed by atoms with Gasteiger partial charge in [0.1, 0.15) is 10.6 Å². The van der Waals surface area contributed by atoms with Crippen molar-refractivity contribution in [1.82, 2.24) is 15.0 Å². The number of ether oxygens (including phenoxy) is 1. The van der Waals surface area contributed by atoms with Crippen LogP contribution in [0.3, 0.4) is 0 Å². The molecule has 0 unspecified atom stereocenters. The van der Waals surface area contributed by atoms with Gasteiger partial charge < -0.3 is 15.4 Å². The maximum absolute atomic E-state index is 13.8. The Morgan fingerprint density at radius 3 is 2.25 bits per heavy atom. The van der Waals surface area contributed by atoms with Crippen LogP contribution in [0.15, 0.2) is 43.6 Å². The summed E-state index contributed by atoms with van der Waals surface area (Å²) in [5, 5.41) is -0.654. The van der Waals surface area contributed by atoms with E-state index in [2.05, 4.69) is 28.1 Å². The van der Waals surface area contributed by atoms with E-state index in [1.807, 2.05) is 0 Å². The highest BCUT2D eigenvalue weighted by Gasteiger charge is 2.58. The molecule has 196 valence electrons. The van der Waals surface area contributed by atoms with Gasteiger partial charge in [0.05, 0.1) is 35.4 Å². The Bertz CT molecular complexity index is 1220. The summed E-state index contributed by atoms with van der Waals surface area (Å²) in [5.41, 5.74) is 4.41. The van der Waals surface area contributed by atoms with E-state index in [4.69, 9.17) is 10.5 Å². The molecule has 12 heteroatoms. The second-order valence-electron chi connectivity index (χ2n) is 8.75. The first-order valence-electron chi connectivity index (χ1n) is 11.4. The van der Waals surface area contributed by atoms with Crippen molar-refractivity contribution in [1.29, 1.82) is 0 Å². The molecule has 1 saturated heterocycles. The molecule has 3 heterocycles. The van der Waals surface area contributed by atoms with E-state index in [-0.39, 0.29) is 28.7 Å². The van der Waals surface area contributed by atoms with Gasteiger partial charge in [0, 0.05) is 24.8 Å². The molecular weight excluding hydrogens is 495 g/mol. The Morgan fingerprint density at radius 2 is 1.75 bits per heavy atom. The van der Waals surface area contributed by atoms with E-state index in [1.54, 1.807) is 30.9 Å². The van der Waals surface area contributed by atoms with E-state index in [0.717, 1.165) is 12.3 Å². The van der Waals surface area contributed by atoms with Crippen LogP contribution < -0.4 is 10.6 Å². The first kappa shape index (κ1) is 27.6. The standard InChI is InChI=1S/C20H24F3N5O3S.C4H6/c1-12(2)32(29,30)19(3-4-19)16-10-15(26-18(27-16)28-5-7-31-8-6-28)13-11-25-17(24)9-14(13)20(21,22)23;1-3-4-2/h9-12H,3-8H2,1-2H3,(H2,24,25);3-4H,1-2H2. The second kappa shape index (κ2) is 10.6. The quantitative estimate of drug-likeness (QED) is 0.560. The molecule has 2 fully saturated rings. The van der Waals surface area contributed by atoms with Crippen LogP contribution in [0.1, 0.15) is 37.9 Å². The van der Waals surface area contributed by atoms with E-state index in [0.29, 0.717) is 39.1 Å². The molecule has 1 saturated carbocycles. The van der Waals surface area contributed by atoms with E-state index >= 15 is 0 Å². The molecule has 36 heavy (non-hydrogen) atoms. The highest BCUT2D eigenvalue weighted by Crippen LogP contribution is 2.54. The minimum Gasteiger partial charge on any atom is -0.384 e. The molecule has 0 aromatic carbocycles. The molecular formula is C24H30F3N5O3S. The van der Waals surface area contributed by atoms with Crippen molar-refractivity contribution in [2.45, 2.75) is 42.9 Å². The Kier molecular flexibility index (Phi) is 8.09. The Morgan fingerprint density at radius 1 is 1.14 bits per heavy atom. The monoisotopic (exact) mass is 525 g/mol. The number of morpholine rings is 1. The number of nitrogens with zero attached hydrogens (tertiary/aromatic N) is 4. The summed E-state index contributed by atoms with van der Waals surface area (Å²) < 4.78 is 71.6. The number of alkyl halides is 3. The van der Waals surface area contributed by atoms with Crippen molar-refractivity contribution < 1.29 is 26.3 Å². The molecule has 2 aromatic heterocycles. The molecule has 0 spiro atoms. The van der Waals surface area contributed by atoms with E-state index in [1.165, 1.54) is 6.07 Å². The third kappa shape index (κ3) is 5.54. The number of nitrogen functional groups attached to an aromatic ring is 1. The van der Waals surface area contributed by atoms with E-state index < -0.39 is 31.6 Å². The minimum absolute atomic E-state index is 0.0402. The molecule has 2 N–H and O–H groups in total. The van der Waals surface area contributed by atoms with Gasteiger partial charge in [-0.05, 0) is 38.8 Å². The Balaban J connectivity index is 0.000000840. The van der Waals surface area contributed by atoms with Crippen molar-refractivity contribution in [2.75, 3.05) is 36.9 Å². The maximum Gasteiger partial charge on any atom is 0.417 e. The summed E-state index contributed by atoms with van der Waals surface area (Å²) in [7, 11) is -3.60. The van der Waals surface area contributed by atoms with Crippen molar-refractivity contribution in [3.63, 3.8) is 0 Å². The van der Waals surface area contributed by atoms with Crippen molar-refractivity contribution in [2.24, 2.45) is 0 Å². The number of anilines is 2. The lowest BCUT2D eigenvalue weighted by Crippen LogP contribution is -2.38. The molecule has 1 aliphatic heterocycles. The molecule has 0 bridgehead atoms. The average Bonchev–Trinajstić information content (AvgIpc) is 3.67. The predicted molar refractivity (Wildman–Crippen MR) is 133 cm³/mol. The number of hydrogen-bond acceptors (Lipinski definition) is 8. The summed E-state index contributed by atoms with van der Waals surface area (Å²) in [5.74, 6) is -0.0965. The van der Waals surface area contributed by atoms with Gasteiger partial charge in [-0.2, -0.15) is 13.2 Å². The van der Waals surface area contributed by atoms with E-state index in [9.17, 15) is 21.6 Å². The number of rotatable bonds is 6. The normalized spacial score (nSPS) is 17.2. The Labute approximate surface area is 209 Å². The summed E-state index contributed by atoms with van der Waals surface area (Å²) in [6.45, 7) is 11.6. The number of allylic oxidation sites excluding steroid dienone is 2. The first-order chi connectivity index (χ1) is 16.9. The van der Waals surface area contributed by atoms with Gasteiger partial charge in [0.25, 0.3) is 0 Å². The SMILES string of the molecule is C=CC=C.CC(C)S(=O)(=O)C1(c2cc(-c3cnc(N)cc3C(F)(F)F)nc(N3CCOCC3)n2)CC1. The number of pyridine rings is 1. The van der Waals surface area contributed by atoms with Crippen LogP contribution in [-0.2, 0) is 25.5 Å².